The van der Waals surface area contributed by atoms with E-state index in [1.807, 2.05) is 6.07 Å². The SMILES string of the molecule is COc1cc(OC)c(/C=C/C(=O)Cc2ccc(OC)c(N/C=C\C(=O)c3ccc4c(c3)OCO4)c2)c(OC)c1. The highest BCUT2D eigenvalue weighted by molar-refractivity contribution is 6.05. The standard InChI is InChI=1S/C30H29NO8/c1-34-22-16-28(36-3)23(29(17-22)37-4)8-7-21(32)13-19-5-9-26(35-2)24(14-19)31-12-11-25(33)20-6-10-27-30(15-20)39-18-38-27/h5-12,14-17,31H,13,18H2,1-4H3/b8-7+,12-11-. The molecule has 39 heavy (non-hydrogen) atoms. The number of ether oxygens (including phenoxy) is 6. The summed E-state index contributed by atoms with van der Waals surface area (Å²) in [5.41, 5.74) is 2.47. The second kappa shape index (κ2) is 12.6. The molecule has 1 aliphatic rings. The zero-order valence-corrected chi connectivity index (χ0v) is 22.1. The number of nitrogens with one attached hydrogen (secondary N) is 1. The second-order valence-electron chi connectivity index (χ2n) is 8.37. The zero-order valence-electron chi connectivity index (χ0n) is 22.1. The van der Waals surface area contributed by atoms with Crippen LogP contribution in [0.2, 0.25) is 0 Å². The van der Waals surface area contributed by atoms with Crippen molar-refractivity contribution in [3.05, 3.63) is 83.6 Å². The maximum absolute atomic E-state index is 12.8. The number of fused-ring (bicyclic) bond motifs is 1. The molecule has 9 heteroatoms. The minimum atomic E-state index is -0.208. The van der Waals surface area contributed by atoms with Gasteiger partial charge < -0.3 is 33.7 Å². The zero-order chi connectivity index (χ0) is 27.8. The van der Waals surface area contributed by atoms with E-state index in [1.54, 1.807) is 62.8 Å². The van der Waals surface area contributed by atoms with Crippen LogP contribution in [-0.4, -0.2) is 46.8 Å². The Balaban J connectivity index is 1.44. The Hall–Kier alpha value is -4.92. The van der Waals surface area contributed by atoms with Gasteiger partial charge in [-0.2, -0.15) is 0 Å². The predicted molar refractivity (Wildman–Crippen MR) is 146 cm³/mol. The summed E-state index contributed by atoms with van der Waals surface area (Å²) < 4.78 is 32.2. The number of hydrogen-bond donors (Lipinski definition) is 1. The van der Waals surface area contributed by atoms with E-state index in [1.165, 1.54) is 32.6 Å². The summed E-state index contributed by atoms with van der Waals surface area (Å²) in [6.45, 7) is 0.142. The van der Waals surface area contributed by atoms with Crippen LogP contribution in [0.4, 0.5) is 5.69 Å². The van der Waals surface area contributed by atoms with Crippen molar-refractivity contribution >= 4 is 23.3 Å². The molecule has 0 aliphatic carbocycles. The van der Waals surface area contributed by atoms with Crippen LogP contribution < -0.4 is 33.7 Å². The van der Waals surface area contributed by atoms with Gasteiger partial charge in [0.05, 0.1) is 39.7 Å². The largest absolute Gasteiger partial charge is 0.496 e. The summed E-state index contributed by atoms with van der Waals surface area (Å²) in [7, 11) is 6.18. The minimum Gasteiger partial charge on any atom is -0.496 e. The average Bonchev–Trinajstić information content (AvgIpc) is 3.43. The molecule has 0 amide bonds. The molecule has 0 spiro atoms. The highest BCUT2D eigenvalue weighted by atomic mass is 16.7. The second-order valence-corrected chi connectivity index (χ2v) is 8.37. The van der Waals surface area contributed by atoms with Crippen molar-refractivity contribution in [3.63, 3.8) is 0 Å². The van der Waals surface area contributed by atoms with Crippen LogP contribution in [0.25, 0.3) is 6.08 Å². The van der Waals surface area contributed by atoms with Gasteiger partial charge in [0, 0.05) is 36.4 Å². The Bertz CT molecular complexity index is 1400. The molecular weight excluding hydrogens is 502 g/mol. The van der Waals surface area contributed by atoms with E-state index in [-0.39, 0.29) is 24.8 Å². The molecule has 0 radical (unpaired) electrons. The molecule has 0 unspecified atom stereocenters. The van der Waals surface area contributed by atoms with Crippen molar-refractivity contribution in [2.45, 2.75) is 6.42 Å². The van der Waals surface area contributed by atoms with E-state index < -0.39 is 0 Å². The quantitative estimate of drug-likeness (QED) is 0.253. The number of anilines is 1. The third-order valence-corrected chi connectivity index (χ3v) is 5.96. The van der Waals surface area contributed by atoms with Crippen molar-refractivity contribution in [1.29, 1.82) is 0 Å². The first kappa shape index (κ1) is 27.1. The number of benzene rings is 3. The van der Waals surface area contributed by atoms with Gasteiger partial charge in [0.1, 0.15) is 23.0 Å². The summed E-state index contributed by atoms with van der Waals surface area (Å²) in [5, 5.41) is 3.07. The molecule has 0 fully saturated rings. The number of carbonyl (C=O) groups is 2. The van der Waals surface area contributed by atoms with Gasteiger partial charge in [-0.1, -0.05) is 6.07 Å². The molecule has 3 aromatic rings. The van der Waals surface area contributed by atoms with Gasteiger partial charge in [-0.3, -0.25) is 9.59 Å². The van der Waals surface area contributed by atoms with E-state index in [4.69, 9.17) is 28.4 Å². The van der Waals surface area contributed by atoms with E-state index in [9.17, 15) is 9.59 Å². The number of ketones is 2. The summed E-state index contributed by atoms with van der Waals surface area (Å²) >= 11 is 0. The van der Waals surface area contributed by atoms with Crippen LogP contribution in [-0.2, 0) is 11.2 Å². The van der Waals surface area contributed by atoms with Crippen molar-refractivity contribution in [1.82, 2.24) is 0 Å². The monoisotopic (exact) mass is 531 g/mol. The molecule has 0 aromatic heterocycles. The predicted octanol–water partition coefficient (Wildman–Crippen LogP) is 5.08. The first-order chi connectivity index (χ1) is 18.9. The highest BCUT2D eigenvalue weighted by Crippen LogP contribution is 2.35. The molecule has 1 aliphatic heterocycles. The van der Waals surface area contributed by atoms with Crippen molar-refractivity contribution in [2.75, 3.05) is 40.5 Å². The van der Waals surface area contributed by atoms with E-state index >= 15 is 0 Å². The summed E-state index contributed by atoms with van der Waals surface area (Å²) in [6, 6.07) is 13.8. The lowest BCUT2D eigenvalue weighted by molar-refractivity contribution is -0.113. The van der Waals surface area contributed by atoms with Crippen molar-refractivity contribution in [3.8, 4) is 34.5 Å². The molecule has 0 bridgehead atoms. The van der Waals surface area contributed by atoms with Gasteiger partial charge in [-0.05, 0) is 48.0 Å². The Labute approximate surface area is 226 Å². The fraction of sp³-hybridized carbons (Fsp3) is 0.200. The highest BCUT2D eigenvalue weighted by Gasteiger charge is 2.15. The maximum atomic E-state index is 12.8. The van der Waals surface area contributed by atoms with Crippen LogP contribution in [0.15, 0.2) is 66.9 Å². The van der Waals surface area contributed by atoms with Crippen LogP contribution in [0.1, 0.15) is 21.5 Å². The van der Waals surface area contributed by atoms with Gasteiger partial charge in [0.2, 0.25) is 6.79 Å². The Morgan fingerprint density at radius 2 is 1.54 bits per heavy atom. The smallest absolute Gasteiger partial charge is 0.231 e. The lowest BCUT2D eigenvalue weighted by Gasteiger charge is -2.12. The van der Waals surface area contributed by atoms with Crippen molar-refractivity contribution in [2.24, 2.45) is 0 Å². The van der Waals surface area contributed by atoms with E-state index in [0.29, 0.717) is 51.3 Å². The average molecular weight is 532 g/mol. The third-order valence-electron chi connectivity index (χ3n) is 5.96. The fourth-order valence-corrected chi connectivity index (χ4v) is 3.96. The lowest BCUT2D eigenvalue weighted by atomic mass is 10.1. The first-order valence-electron chi connectivity index (χ1n) is 12.0. The van der Waals surface area contributed by atoms with Gasteiger partial charge >= 0.3 is 0 Å². The van der Waals surface area contributed by atoms with Crippen LogP contribution in [0.3, 0.4) is 0 Å². The molecule has 4 rings (SSSR count). The number of allylic oxidation sites excluding steroid dienone is 2. The van der Waals surface area contributed by atoms with Gasteiger partial charge in [-0.15, -0.1) is 0 Å². The van der Waals surface area contributed by atoms with E-state index in [2.05, 4.69) is 5.32 Å². The molecule has 1 heterocycles. The molecule has 0 saturated heterocycles. The molecule has 202 valence electrons. The first-order valence-corrected chi connectivity index (χ1v) is 12.0. The summed E-state index contributed by atoms with van der Waals surface area (Å²) in [6.07, 6.45) is 6.22. The number of carbonyl (C=O) groups excluding carboxylic acids is 2. The normalized spacial score (nSPS) is 12.0. The fourth-order valence-electron chi connectivity index (χ4n) is 3.96. The summed E-state index contributed by atoms with van der Waals surface area (Å²) in [5.74, 6) is 3.01. The third kappa shape index (κ3) is 6.51. The molecule has 0 saturated carbocycles. The number of methoxy groups -OCH3 is 4. The van der Waals surface area contributed by atoms with Crippen molar-refractivity contribution < 1.29 is 38.0 Å². The van der Waals surface area contributed by atoms with Crippen LogP contribution in [0, 0.1) is 0 Å². The van der Waals surface area contributed by atoms with Gasteiger partial charge in [0.25, 0.3) is 0 Å². The molecule has 9 nitrogen and oxygen atoms in total. The number of rotatable bonds is 12. The van der Waals surface area contributed by atoms with Gasteiger partial charge in [0.15, 0.2) is 23.1 Å². The lowest BCUT2D eigenvalue weighted by Crippen LogP contribution is -2.02. The molecular formula is C30H29NO8. The topological polar surface area (TPSA) is 102 Å². The van der Waals surface area contributed by atoms with Crippen LogP contribution in [0.5, 0.6) is 34.5 Å². The Morgan fingerprint density at radius 1 is 0.821 bits per heavy atom. The minimum absolute atomic E-state index is 0.125. The van der Waals surface area contributed by atoms with Crippen LogP contribution >= 0.6 is 0 Å². The molecule has 1 N–H and O–H groups in total. The molecule has 3 aromatic carbocycles. The number of hydrogen-bond acceptors (Lipinski definition) is 9. The van der Waals surface area contributed by atoms with E-state index in [0.717, 1.165) is 5.56 Å². The Morgan fingerprint density at radius 3 is 2.23 bits per heavy atom. The summed E-state index contributed by atoms with van der Waals surface area (Å²) in [4.78, 5) is 25.4. The Kier molecular flexibility index (Phi) is 8.73. The molecule has 0 atom stereocenters. The van der Waals surface area contributed by atoms with Gasteiger partial charge in [-0.25, -0.2) is 0 Å². The maximum Gasteiger partial charge on any atom is 0.231 e.